The van der Waals surface area contributed by atoms with E-state index in [2.05, 4.69) is 47.3 Å². The molecule has 0 bridgehead atoms. The lowest BCUT2D eigenvalue weighted by Crippen LogP contribution is -2.51. The first-order valence-corrected chi connectivity index (χ1v) is 14.1. The van der Waals surface area contributed by atoms with E-state index in [0.717, 1.165) is 48.3 Å². The van der Waals surface area contributed by atoms with Gasteiger partial charge in [0, 0.05) is 12.0 Å². The van der Waals surface area contributed by atoms with Gasteiger partial charge in [-0.1, -0.05) is 72.1 Å². The van der Waals surface area contributed by atoms with E-state index in [4.69, 9.17) is 4.74 Å². The monoisotopic (exact) mass is 454 g/mol. The second-order valence-electron chi connectivity index (χ2n) is 13.3. The number of fused-ring (bicyclic) bond motifs is 5. The minimum atomic E-state index is -0.217. The van der Waals surface area contributed by atoms with Crippen molar-refractivity contribution in [3.8, 4) is 0 Å². The van der Waals surface area contributed by atoms with Crippen molar-refractivity contribution in [3.63, 3.8) is 0 Å². The Morgan fingerprint density at radius 1 is 1.09 bits per heavy atom. The first kappa shape index (κ1) is 25.1. The first-order chi connectivity index (χ1) is 15.6. The SMILES string of the molecule is C=C(C)C(=O)O[C@H]1CC[C@@]2(C)C(=CCC3C4CCC([C@H](C)CCCC(C)C)[C@@]4(C)CCC32)C1. The Balaban J connectivity index is 1.45. The lowest BCUT2D eigenvalue weighted by molar-refractivity contribution is -0.146. The minimum Gasteiger partial charge on any atom is -0.459 e. The van der Waals surface area contributed by atoms with E-state index < -0.39 is 0 Å². The zero-order valence-electron chi connectivity index (χ0n) is 22.4. The molecule has 186 valence electrons. The Kier molecular flexibility index (Phi) is 7.24. The van der Waals surface area contributed by atoms with Gasteiger partial charge in [-0.2, -0.15) is 0 Å². The summed E-state index contributed by atoms with van der Waals surface area (Å²) in [7, 11) is 0. The van der Waals surface area contributed by atoms with Crippen molar-refractivity contribution in [1.82, 2.24) is 0 Å². The quantitative estimate of drug-likeness (QED) is 0.219. The van der Waals surface area contributed by atoms with Crippen molar-refractivity contribution in [2.24, 2.45) is 46.3 Å². The van der Waals surface area contributed by atoms with Crippen LogP contribution in [0.15, 0.2) is 23.8 Å². The molecule has 8 atom stereocenters. The molecule has 0 spiro atoms. The van der Waals surface area contributed by atoms with Crippen LogP contribution in [-0.4, -0.2) is 12.1 Å². The summed E-state index contributed by atoms with van der Waals surface area (Å²) >= 11 is 0. The van der Waals surface area contributed by atoms with Crippen molar-refractivity contribution >= 4 is 5.97 Å². The van der Waals surface area contributed by atoms with Gasteiger partial charge in [-0.25, -0.2) is 4.79 Å². The fourth-order valence-corrected chi connectivity index (χ4v) is 9.00. The van der Waals surface area contributed by atoms with Crippen molar-refractivity contribution in [2.45, 2.75) is 118 Å². The molecule has 0 aromatic rings. The van der Waals surface area contributed by atoms with Gasteiger partial charge in [0.2, 0.25) is 0 Å². The molecular formula is C31H50O2. The van der Waals surface area contributed by atoms with Crippen LogP contribution in [0.5, 0.6) is 0 Å². The summed E-state index contributed by atoms with van der Waals surface area (Å²) in [6.07, 6.45) is 17.0. The van der Waals surface area contributed by atoms with Crippen LogP contribution in [0.3, 0.4) is 0 Å². The Labute approximate surface area is 204 Å². The first-order valence-electron chi connectivity index (χ1n) is 14.1. The van der Waals surface area contributed by atoms with Gasteiger partial charge >= 0.3 is 5.97 Å². The summed E-state index contributed by atoms with van der Waals surface area (Å²) < 4.78 is 5.78. The number of carbonyl (C=O) groups is 1. The molecule has 4 unspecified atom stereocenters. The van der Waals surface area contributed by atoms with Gasteiger partial charge in [0.05, 0.1) is 0 Å². The van der Waals surface area contributed by atoms with Gasteiger partial charge in [0.15, 0.2) is 0 Å². The van der Waals surface area contributed by atoms with Crippen LogP contribution >= 0.6 is 0 Å². The number of carbonyl (C=O) groups excluding carboxylic acids is 1. The number of ether oxygens (including phenoxy) is 1. The standard InChI is InChI=1S/C31H50O2/c1-20(2)9-8-10-22(5)26-13-14-27-25-12-11-23-19-24(33-29(32)21(3)4)15-17-30(23,6)28(25)16-18-31(26,27)7/h11,20,22,24-28H,3,8-10,12-19H2,1-2,4-7H3/t22-,24+,25?,26?,27?,28?,30+,31-/m1/s1. The largest absolute Gasteiger partial charge is 0.459 e. The Bertz CT molecular complexity index is 778. The highest BCUT2D eigenvalue weighted by Gasteiger charge is 2.59. The highest BCUT2D eigenvalue weighted by Crippen LogP contribution is 2.67. The highest BCUT2D eigenvalue weighted by molar-refractivity contribution is 5.87. The number of hydrogen-bond acceptors (Lipinski definition) is 2. The van der Waals surface area contributed by atoms with E-state index in [9.17, 15) is 4.79 Å². The van der Waals surface area contributed by atoms with Crippen molar-refractivity contribution in [2.75, 3.05) is 0 Å². The van der Waals surface area contributed by atoms with E-state index in [1.165, 1.54) is 57.8 Å². The van der Waals surface area contributed by atoms with Crippen LogP contribution in [0.4, 0.5) is 0 Å². The second kappa shape index (κ2) is 9.54. The highest BCUT2D eigenvalue weighted by atomic mass is 16.5. The maximum atomic E-state index is 12.1. The molecule has 0 aliphatic heterocycles. The summed E-state index contributed by atoms with van der Waals surface area (Å²) in [5.41, 5.74) is 2.97. The van der Waals surface area contributed by atoms with Gasteiger partial charge in [-0.05, 0) is 98.2 Å². The molecule has 2 nitrogen and oxygen atoms in total. The maximum absolute atomic E-state index is 12.1. The van der Waals surface area contributed by atoms with Gasteiger partial charge in [0.1, 0.15) is 6.10 Å². The molecule has 4 aliphatic carbocycles. The molecule has 0 aromatic carbocycles. The maximum Gasteiger partial charge on any atom is 0.333 e. The molecule has 3 fully saturated rings. The summed E-state index contributed by atoms with van der Waals surface area (Å²) in [6.45, 7) is 18.0. The van der Waals surface area contributed by atoms with E-state index in [0.29, 0.717) is 16.4 Å². The molecule has 0 N–H and O–H groups in total. The molecule has 0 saturated heterocycles. The lowest BCUT2D eigenvalue weighted by atomic mass is 9.47. The zero-order valence-corrected chi connectivity index (χ0v) is 22.4. The molecule has 3 saturated carbocycles. The Hall–Kier alpha value is -1.05. The van der Waals surface area contributed by atoms with Gasteiger partial charge < -0.3 is 4.74 Å². The third-order valence-electron chi connectivity index (χ3n) is 10.9. The molecule has 33 heavy (non-hydrogen) atoms. The Morgan fingerprint density at radius 2 is 1.85 bits per heavy atom. The third-order valence-corrected chi connectivity index (χ3v) is 10.9. The lowest BCUT2D eigenvalue weighted by Gasteiger charge is -2.58. The van der Waals surface area contributed by atoms with Crippen LogP contribution in [0.2, 0.25) is 0 Å². The van der Waals surface area contributed by atoms with E-state index in [1.54, 1.807) is 12.5 Å². The predicted molar refractivity (Wildman–Crippen MR) is 138 cm³/mol. The molecule has 0 heterocycles. The van der Waals surface area contributed by atoms with Crippen LogP contribution in [0.25, 0.3) is 0 Å². The summed E-state index contributed by atoms with van der Waals surface area (Å²) in [5.74, 6) is 5.00. The van der Waals surface area contributed by atoms with E-state index >= 15 is 0 Å². The zero-order chi connectivity index (χ0) is 24.0. The number of hydrogen-bond donors (Lipinski definition) is 0. The molecule has 0 radical (unpaired) electrons. The van der Waals surface area contributed by atoms with Crippen molar-refractivity contribution in [3.05, 3.63) is 23.8 Å². The summed E-state index contributed by atoms with van der Waals surface area (Å²) in [6, 6.07) is 0. The summed E-state index contributed by atoms with van der Waals surface area (Å²) in [4.78, 5) is 12.1. The van der Waals surface area contributed by atoms with Crippen LogP contribution < -0.4 is 0 Å². The summed E-state index contributed by atoms with van der Waals surface area (Å²) in [5, 5.41) is 0. The number of rotatable bonds is 7. The fourth-order valence-electron chi connectivity index (χ4n) is 9.00. The normalized spacial score (nSPS) is 40.9. The van der Waals surface area contributed by atoms with Gasteiger partial charge in [-0.3, -0.25) is 0 Å². The number of esters is 1. The minimum absolute atomic E-state index is 0.0430. The topological polar surface area (TPSA) is 26.3 Å². The van der Waals surface area contributed by atoms with Gasteiger partial charge in [-0.15, -0.1) is 0 Å². The Morgan fingerprint density at radius 3 is 2.55 bits per heavy atom. The van der Waals surface area contributed by atoms with Gasteiger partial charge in [0.25, 0.3) is 0 Å². The number of allylic oxidation sites excluding steroid dienone is 1. The average molecular weight is 455 g/mol. The molecule has 2 heteroatoms. The predicted octanol–water partition coefficient (Wildman–Crippen LogP) is 8.52. The van der Waals surface area contributed by atoms with Crippen molar-refractivity contribution in [1.29, 1.82) is 0 Å². The molecule has 0 aromatic heterocycles. The average Bonchev–Trinajstić information content (AvgIpc) is 3.11. The van der Waals surface area contributed by atoms with Crippen LogP contribution in [0.1, 0.15) is 112 Å². The van der Waals surface area contributed by atoms with E-state index in [1.807, 2.05) is 0 Å². The van der Waals surface area contributed by atoms with Crippen molar-refractivity contribution < 1.29 is 9.53 Å². The van der Waals surface area contributed by atoms with Crippen LogP contribution in [-0.2, 0) is 9.53 Å². The molecule has 4 rings (SSSR count). The smallest absolute Gasteiger partial charge is 0.333 e. The second-order valence-corrected chi connectivity index (χ2v) is 13.3. The van der Waals surface area contributed by atoms with E-state index in [-0.39, 0.29) is 12.1 Å². The molecule has 4 aliphatic rings. The van der Waals surface area contributed by atoms with Crippen LogP contribution in [0, 0.1) is 46.3 Å². The third kappa shape index (κ3) is 4.62. The molecule has 0 amide bonds. The molecular weight excluding hydrogens is 404 g/mol. The fraction of sp³-hybridized carbons (Fsp3) is 0.839.